The minimum absolute atomic E-state index is 0.304. The lowest BCUT2D eigenvalue weighted by atomic mass is 9.87. The summed E-state index contributed by atoms with van der Waals surface area (Å²) in [6, 6.07) is -0.497. The normalized spacial score (nSPS) is 22.0. The highest BCUT2D eigenvalue weighted by atomic mass is 16.5. The molecule has 0 aromatic heterocycles. The minimum atomic E-state index is -0.835. The summed E-state index contributed by atoms with van der Waals surface area (Å²) >= 11 is 0. The number of rotatable bonds is 4. The summed E-state index contributed by atoms with van der Waals surface area (Å²) in [5, 5.41) is 2.78. The maximum Gasteiger partial charge on any atom is 0.325 e. The number of nitrogens with zero attached hydrogens (tertiary/aromatic N) is 2. The van der Waals surface area contributed by atoms with E-state index in [1.807, 2.05) is 0 Å². The SMILES string of the molecule is COC(=O)CN1C(=O)NC2(CCN(CC(C)C)CC2)C1=O. The second kappa shape index (κ2) is 6.01. The quantitative estimate of drug-likeness (QED) is 0.592. The highest BCUT2D eigenvalue weighted by Crippen LogP contribution is 2.29. The summed E-state index contributed by atoms with van der Waals surface area (Å²) in [7, 11) is 1.24. The molecule has 0 aliphatic carbocycles. The van der Waals surface area contributed by atoms with Gasteiger partial charge in [-0.3, -0.25) is 14.5 Å². The van der Waals surface area contributed by atoms with Crippen LogP contribution in [0, 0.1) is 5.92 Å². The number of carbonyl (C=O) groups is 3. The van der Waals surface area contributed by atoms with Gasteiger partial charge in [-0.1, -0.05) is 13.8 Å². The van der Waals surface area contributed by atoms with Gasteiger partial charge >= 0.3 is 12.0 Å². The van der Waals surface area contributed by atoms with Gasteiger partial charge in [0.15, 0.2) is 0 Å². The summed E-state index contributed by atoms with van der Waals surface area (Å²) in [4.78, 5) is 39.0. The summed E-state index contributed by atoms with van der Waals surface area (Å²) in [6.45, 7) is 6.53. The Morgan fingerprint density at radius 3 is 2.48 bits per heavy atom. The Bertz CT molecular complexity index is 442. The van der Waals surface area contributed by atoms with Crippen LogP contribution in [0.5, 0.6) is 0 Å². The number of likely N-dealkylation sites (tertiary alicyclic amines) is 1. The Morgan fingerprint density at radius 1 is 1.33 bits per heavy atom. The van der Waals surface area contributed by atoms with E-state index in [-0.39, 0.29) is 12.5 Å². The molecule has 0 aromatic carbocycles. The molecule has 7 nitrogen and oxygen atoms in total. The third-order valence-corrected chi connectivity index (χ3v) is 4.09. The molecule has 2 aliphatic rings. The number of amides is 3. The molecule has 1 spiro atoms. The molecule has 0 bridgehead atoms. The largest absolute Gasteiger partial charge is 0.468 e. The van der Waals surface area contributed by atoms with Crippen LogP contribution in [0.2, 0.25) is 0 Å². The van der Waals surface area contributed by atoms with E-state index in [9.17, 15) is 14.4 Å². The van der Waals surface area contributed by atoms with Crippen LogP contribution < -0.4 is 5.32 Å². The zero-order valence-electron chi connectivity index (χ0n) is 12.8. The van der Waals surface area contributed by atoms with Gasteiger partial charge < -0.3 is 15.0 Å². The Kier molecular flexibility index (Phi) is 4.51. The molecule has 2 fully saturated rings. The van der Waals surface area contributed by atoms with E-state index in [0.29, 0.717) is 18.8 Å². The molecular formula is C14H23N3O4. The molecule has 0 aromatic rings. The molecule has 0 unspecified atom stereocenters. The first-order chi connectivity index (χ1) is 9.88. The predicted molar refractivity (Wildman–Crippen MR) is 75.5 cm³/mol. The minimum Gasteiger partial charge on any atom is -0.468 e. The van der Waals surface area contributed by atoms with Gasteiger partial charge in [0.05, 0.1) is 7.11 Å². The zero-order chi connectivity index (χ0) is 15.6. The maximum absolute atomic E-state index is 12.5. The number of esters is 1. The molecule has 2 rings (SSSR count). The van der Waals surface area contributed by atoms with E-state index < -0.39 is 17.5 Å². The maximum atomic E-state index is 12.5. The van der Waals surface area contributed by atoms with Crippen molar-refractivity contribution in [3.63, 3.8) is 0 Å². The number of piperidine rings is 1. The van der Waals surface area contributed by atoms with Crippen molar-refractivity contribution in [3.05, 3.63) is 0 Å². The van der Waals surface area contributed by atoms with E-state index in [0.717, 1.165) is 24.5 Å². The van der Waals surface area contributed by atoms with E-state index >= 15 is 0 Å². The van der Waals surface area contributed by atoms with Crippen molar-refractivity contribution in [2.75, 3.05) is 33.3 Å². The second-order valence-corrected chi connectivity index (χ2v) is 6.17. The Labute approximate surface area is 124 Å². The second-order valence-electron chi connectivity index (χ2n) is 6.17. The van der Waals surface area contributed by atoms with E-state index in [2.05, 4.69) is 28.8 Å². The van der Waals surface area contributed by atoms with Gasteiger partial charge in [0.2, 0.25) is 0 Å². The number of carbonyl (C=O) groups excluding carboxylic acids is 3. The third-order valence-electron chi connectivity index (χ3n) is 4.09. The van der Waals surface area contributed by atoms with Crippen LogP contribution in [-0.2, 0) is 14.3 Å². The number of hydrogen-bond acceptors (Lipinski definition) is 5. The van der Waals surface area contributed by atoms with Gasteiger partial charge in [-0.05, 0) is 18.8 Å². The monoisotopic (exact) mass is 297 g/mol. The van der Waals surface area contributed by atoms with Crippen molar-refractivity contribution in [2.24, 2.45) is 5.92 Å². The van der Waals surface area contributed by atoms with Crippen LogP contribution in [-0.4, -0.2) is 66.5 Å². The van der Waals surface area contributed by atoms with E-state index in [1.54, 1.807) is 0 Å². The van der Waals surface area contributed by atoms with Crippen molar-refractivity contribution in [1.82, 2.24) is 15.1 Å². The van der Waals surface area contributed by atoms with Crippen LogP contribution >= 0.6 is 0 Å². The first-order valence-corrected chi connectivity index (χ1v) is 7.31. The average molecular weight is 297 g/mol. The number of ether oxygens (including phenoxy) is 1. The third kappa shape index (κ3) is 3.18. The van der Waals surface area contributed by atoms with Gasteiger partial charge in [0.1, 0.15) is 12.1 Å². The van der Waals surface area contributed by atoms with E-state index in [4.69, 9.17) is 0 Å². The van der Waals surface area contributed by atoms with Crippen molar-refractivity contribution >= 4 is 17.9 Å². The van der Waals surface area contributed by atoms with Gasteiger partial charge in [0.25, 0.3) is 5.91 Å². The van der Waals surface area contributed by atoms with Gasteiger partial charge in [-0.25, -0.2) is 4.79 Å². The highest BCUT2D eigenvalue weighted by molar-refractivity contribution is 6.08. The van der Waals surface area contributed by atoms with Gasteiger partial charge in [-0.15, -0.1) is 0 Å². The average Bonchev–Trinajstić information content (AvgIpc) is 2.65. The molecule has 2 aliphatic heterocycles. The molecular weight excluding hydrogens is 274 g/mol. The molecule has 3 amide bonds. The first-order valence-electron chi connectivity index (χ1n) is 7.31. The van der Waals surface area contributed by atoms with Crippen LogP contribution in [0.3, 0.4) is 0 Å². The Balaban J connectivity index is 2.00. The van der Waals surface area contributed by atoms with Gasteiger partial charge in [-0.2, -0.15) is 0 Å². The molecule has 0 saturated carbocycles. The number of hydrogen-bond donors (Lipinski definition) is 1. The molecule has 7 heteroatoms. The standard InChI is InChI=1S/C14H23N3O4/c1-10(2)8-16-6-4-14(5-7-16)12(19)17(13(20)15-14)9-11(18)21-3/h10H,4-9H2,1-3H3,(H,15,20). The van der Waals surface area contributed by atoms with Crippen LogP contribution in [0.4, 0.5) is 4.79 Å². The highest BCUT2D eigenvalue weighted by Gasteiger charge is 2.52. The van der Waals surface area contributed by atoms with Crippen molar-refractivity contribution in [1.29, 1.82) is 0 Å². The number of nitrogens with one attached hydrogen (secondary N) is 1. The van der Waals surface area contributed by atoms with Crippen molar-refractivity contribution < 1.29 is 19.1 Å². The Hall–Kier alpha value is -1.63. The number of methoxy groups -OCH3 is 1. The zero-order valence-corrected chi connectivity index (χ0v) is 12.8. The first kappa shape index (κ1) is 15.8. The van der Waals surface area contributed by atoms with Crippen molar-refractivity contribution in [2.45, 2.75) is 32.2 Å². The molecule has 0 atom stereocenters. The number of urea groups is 1. The number of imide groups is 1. The van der Waals surface area contributed by atoms with E-state index in [1.165, 1.54) is 7.11 Å². The summed E-state index contributed by atoms with van der Waals surface area (Å²) in [6.07, 6.45) is 1.17. The molecule has 21 heavy (non-hydrogen) atoms. The summed E-state index contributed by atoms with van der Waals surface area (Å²) < 4.78 is 4.52. The van der Waals surface area contributed by atoms with Crippen LogP contribution in [0.1, 0.15) is 26.7 Å². The fraction of sp³-hybridized carbons (Fsp3) is 0.786. The van der Waals surface area contributed by atoms with Crippen molar-refractivity contribution in [3.8, 4) is 0 Å². The Morgan fingerprint density at radius 2 is 1.95 bits per heavy atom. The van der Waals surface area contributed by atoms with Gasteiger partial charge in [0, 0.05) is 19.6 Å². The smallest absolute Gasteiger partial charge is 0.325 e. The lowest BCUT2D eigenvalue weighted by molar-refractivity contribution is -0.145. The molecule has 2 heterocycles. The molecule has 2 saturated heterocycles. The summed E-state index contributed by atoms with van der Waals surface area (Å²) in [5.41, 5.74) is -0.835. The lowest BCUT2D eigenvalue weighted by Gasteiger charge is -2.37. The molecule has 0 radical (unpaired) electrons. The molecule has 118 valence electrons. The summed E-state index contributed by atoms with van der Waals surface area (Å²) in [5.74, 6) is -0.321. The fourth-order valence-corrected chi connectivity index (χ4v) is 2.99. The fourth-order valence-electron chi connectivity index (χ4n) is 2.99. The predicted octanol–water partition coefficient (Wildman–Crippen LogP) is 0.202. The molecule has 1 N–H and O–H groups in total. The lowest BCUT2D eigenvalue weighted by Crippen LogP contribution is -2.55. The van der Waals surface area contributed by atoms with Crippen LogP contribution in [0.15, 0.2) is 0 Å². The van der Waals surface area contributed by atoms with Crippen LogP contribution in [0.25, 0.3) is 0 Å². The topological polar surface area (TPSA) is 79.0 Å².